The van der Waals surface area contributed by atoms with Crippen LogP contribution in [0.15, 0.2) is 40.9 Å². The van der Waals surface area contributed by atoms with Crippen LogP contribution in [-0.2, 0) is 0 Å². The van der Waals surface area contributed by atoms with Gasteiger partial charge in [-0.25, -0.2) is 0 Å². The third kappa shape index (κ3) is 3.87. The highest BCUT2D eigenvalue weighted by Gasteiger charge is 2.14. The van der Waals surface area contributed by atoms with Gasteiger partial charge in [0.1, 0.15) is 5.02 Å². The van der Waals surface area contributed by atoms with E-state index in [4.69, 9.17) is 23.2 Å². The number of nitro groups is 1. The number of anilines is 1. The number of nitro benzene ring substituents is 1. The summed E-state index contributed by atoms with van der Waals surface area (Å²) in [5.41, 5.74) is 1.50. The van der Waals surface area contributed by atoms with Gasteiger partial charge >= 0.3 is 0 Å². The van der Waals surface area contributed by atoms with Gasteiger partial charge < -0.3 is 5.32 Å². The first-order chi connectivity index (χ1) is 9.88. The summed E-state index contributed by atoms with van der Waals surface area (Å²) in [6.45, 7) is 1.95. The molecule has 1 atom stereocenters. The molecule has 2 aromatic rings. The fourth-order valence-corrected chi connectivity index (χ4v) is 3.01. The van der Waals surface area contributed by atoms with Crippen LogP contribution < -0.4 is 5.32 Å². The van der Waals surface area contributed by atoms with E-state index >= 15 is 0 Å². The Balaban J connectivity index is 2.21. The maximum Gasteiger partial charge on any atom is 0.288 e. The SMILES string of the molecule is CC(Nc1ccc([N+](=O)[O-])c(Cl)c1)c1ccc(Br)cc1Cl. The summed E-state index contributed by atoms with van der Waals surface area (Å²) in [4.78, 5) is 10.2. The molecule has 0 amide bonds. The molecule has 21 heavy (non-hydrogen) atoms. The molecule has 4 nitrogen and oxygen atoms in total. The minimum atomic E-state index is -0.513. The van der Waals surface area contributed by atoms with Crippen LogP contribution >= 0.6 is 39.1 Å². The zero-order chi connectivity index (χ0) is 15.6. The topological polar surface area (TPSA) is 55.2 Å². The van der Waals surface area contributed by atoms with Crippen molar-refractivity contribution in [1.82, 2.24) is 0 Å². The van der Waals surface area contributed by atoms with E-state index in [1.54, 1.807) is 6.07 Å². The van der Waals surface area contributed by atoms with Crippen molar-refractivity contribution in [3.05, 3.63) is 66.6 Å². The van der Waals surface area contributed by atoms with Crippen molar-refractivity contribution in [2.75, 3.05) is 5.32 Å². The Morgan fingerprint density at radius 3 is 2.48 bits per heavy atom. The van der Waals surface area contributed by atoms with E-state index < -0.39 is 4.92 Å². The molecule has 2 rings (SSSR count). The highest BCUT2D eigenvalue weighted by molar-refractivity contribution is 9.10. The van der Waals surface area contributed by atoms with Gasteiger partial charge in [0.25, 0.3) is 5.69 Å². The quantitative estimate of drug-likeness (QED) is 0.528. The van der Waals surface area contributed by atoms with Gasteiger partial charge in [0.05, 0.1) is 4.92 Å². The van der Waals surface area contributed by atoms with Crippen LogP contribution in [-0.4, -0.2) is 4.92 Å². The van der Waals surface area contributed by atoms with Crippen LogP contribution in [0.2, 0.25) is 10.0 Å². The molecule has 2 aromatic carbocycles. The van der Waals surface area contributed by atoms with E-state index in [9.17, 15) is 10.1 Å². The molecule has 0 saturated carbocycles. The first kappa shape index (κ1) is 16.1. The number of benzene rings is 2. The monoisotopic (exact) mass is 388 g/mol. The Labute approximate surface area is 140 Å². The molecule has 110 valence electrons. The van der Waals surface area contributed by atoms with Crippen molar-refractivity contribution in [1.29, 1.82) is 0 Å². The minimum absolute atomic E-state index is 0.0666. The molecular formula is C14H11BrCl2N2O2. The summed E-state index contributed by atoms with van der Waals surface area (Å²) in [7, 11) is 0. The minimum Gasteiger partial charge on any atom is -0.378 e. The largest absolute Gasteiger partial charge is 0.378 e. The van der Waals surface area contributed by atoms with Gasteiger partial charge in [0, 0.05) is 27.3 Å². The van der Waals surface area contributed by atoms with Crippen molar-refractivity contribution in [3.63, 3.8) is 0 Å². The van der Waals surface area contributed by atoms with E-state index in [0.717, 1.165) is 10.0 Å². The molecular weight excluding hydrogens is 379 g/mol. The predicted octanol–water partition coefficient (Wildman–Crippen LogP) is 5.84. The molecule has 1 unspecified atom stereocenters. The van der Waals surface area contributed by atoms with Crippen molar-refractivity contribution in [2.24, 2.45) is 0 Å². The van der Waals surface area contributed by atoms with E-state index in [1.807, 2.05) is 25.1 Å². The number of nitrogens with one attached hydrogen (secondary N) is 1. The van der Waals surface area contributed by atoms with Crippen LogP contribution in [0.3, 0.4) is 0 Å². The molecule has 0 radical (unpaired) electrons. The molecule has 0 aliphatic carbocycles. The lowest BCUT2D eigenvalue weighted by atomic mass is 10.1. The third-order valence-corrected chi connectivity index (χ3v) is 4.08. The second-order valence-electron chi connectivity index (χ2n) is 4.46. The molecule has 0 saturated heterocycles. The molecule has 0 spiro atoms. The summed E-state index contributed by atoms with van der Waals surface area (Å²) >= 11 is 15.5. The van der Waals surface area contributed by atoms with E-state index in [0.29, 0.717) is 10.7 Å². The van der Waals surface area contributed by atoms with Gasteiger partial charge in [0.2, 0.25) is 0 Å². The Hall–Kier alpha value is -1.30. The lowest BCUT2D eigenvalue weighted by molar-refractivity contribution is -0.384. The van der Waals surface area contributed by atoms with Gasteiger partial charge in [0.15, 0.2) is 0 Å². The van der Waals surface area contributed by atoms with Crippen LogP contribution in [0.1, 0.15) is 18.5 Å². The fourth-order valence-electron chi connectivity index (χ4n) is 1.93. The predicted molar refractivity (Wildman–Crippen MR) is 89.3 cm³/mol. The molecule has 0 heterocycles. The summed E-state index contributed by atoms with van der Waals surface area (Å²) in [5, 5.41) is 14.7. The third-order valence-electron chi connectivity index (χ3n) is 2.96. The Morgan fingerprint density at radius 1 is 1.19 bits per heavy atom. The highest BCUT2D eigenvalue weighted by atomic mass is 79.9. The van der Waals surface area contributed by atoms with Crippen molar-refractivity contribution >= 4 is 50.5 Å². The van der Waals surface area contributed by atoms with Gasteiger partial charge in [-0.15, -0.1) is 0 Å². The molecule has 0 bridgehead atoms. The van der Waals surface area contributed by atoms with Crippen molar-refractivity contribution in [2.45, 2.75) is 13.0 Å². The number of hydrogen-bond donors (Lipinski definition) is 1. The first-order valence-corrected chi connectivity index (χ1v) is 7.59. The van der Waals surface area contributed by atoms with Crippen LogP contribution in [0.25, 0.3) is 0 Å². The summed E-state index contributed by atoms with van der Waals surface area (Å²) in [6, 6.07) is 10.1. The van der Waals surface area contributed by atoms with E-state index in [2.05, 4.69) is 21.2 Å². The number of nitrogens with zero attached hydrogens (tertiary/aromatic N) is 1. The Morgan fingerprint density at radius 2 is 1.90 bits per heavy atom. The maximum atomic E-state index is 10.7. The van der Waals surface area contributed by atoms with Crippen LogP contribution in [0, 0.1) is 10.1 Å². The number of halogens is 3. The zero-order valence-corrected chi connectivity index (χ0v) is 14.0. The number of hydrogen-bond acceptors (Lipinski definition) is 3. The fraction of sp³-hybridized carbons (Fsp3) is 0.143. The summed E-state index contributed by atoms with van der Waals surface area (Å²) in [6.07, 6.45) is 0. The smallest absolute Gasteiger partial charge is 0.288 e. The van der Waals surface area contributed by atoms with Crippen molar-refractivity contribution in [3.8, 4) is 0 Å². The summed E-state index contributed by atoms with van der Waals surface area (Å²) in [5.74, 6) is 0. The van der Waals surface area contributed by atoms with Gasteiger partial charge in [-0.3, -0.25) is 10.1 Å². The maximum absolute atomic E-state index is 10.7. The molecule has 1 N–H and O–H groups in total. The average Bonchev–Trinajstić information content (AvgIpc) is 2.37. The Kier molecular flexibility index (Phi) is 5.08. The second-order valence-corrected chi connectivity index (χ2v) is 6.19. The van der Waals surface area contributed by atoms with Crippen molar-refractivity contribution < 1.29 is 4.92 Å². The first-order valence-electron chi connectivity index (χ1n) is 6.04. The molecule has 7 heteroatoms. The number of rotatable bonds is 4. The second kappa shape index (κ2) is 6.64. The zero-order valence-electron chi connectivity index (χ0n) is 10.9. The van der Waals surface area contributed by atoms with Gasteiger partial charge in [-0.05, 0) is 36.8 Å². The molecule has 0 aliphatic heterocycles. The highest BCUT2D eigenvalue weighted by Crippen LogP contribution is 2.31. The molecule has 0 aliphatic rings. The van der Waals surface area contributed by atoms with Crippen LogP contribution in [0.4, 0.5) is 11.4 Å². The van der Waals surface area contributed by atoms with Crippen LogP contribution in [0.5, 0.6) is 0 Å². The Bertz CT molecular complexity index is 695. The standard InChI is InChI=1S/C14H11BrCl2N2O2/c1-8(11-4-2-9(15)6-12(11)16)18-10-3-5-14(19(20)21)13(17)7-10/h2-8,18H,1H3. The average molecular weight is 390 g/mol. The molecule has 0 fully saturated rings. The van der Waals surface area contributed by atoms with E-state index in [1.165, 1.54) is 12.1 Å². The lowest BCUT2D eigenvalue weighted by Crippen LogP contribution is -2.07. The van der Waals surface area contributed by atoms with Gasteiger partial charge in [-0.1, -0.05) is 45.2 Å². The summed E-state index contributed by atoms with van der Waals surface area (Å²) < 4.78 is 0.904. The van der Waals surface area contributed by atoms with Gasteiger partial charge in [-0.2, -0.15) is 0 Å². The lowest BCUT2D eigenvalue weighted by Gasteiger charge is -2.17. The van der Waals surface area contributed by atoms with E-state index in [-0.39, 0.29) is 16.8 Å². The molecule has 0 aromatic heterocycles. The normalized spacial score (nSPS) is 12.0.